The zero-order valence-electron chi connectivity index (χ0n) is 6.83. The van der Waals surface area contributed by atoms with Crippen molar-refractivity contribution in [2.75, 3.05) is 6.61 Å². The van der Waals surface area contributed by atoms with E-state index in [1.165, 1.54) is 0 Å². The topological polar surface area (TPSA) is 78.4 Å². The summed E-state index contributed by atoms with van der Waals surface area (Å²) in [5, 5.41) is 13.6. The van der Waals surface area contributed by atoms with Crippen LogP contribution in [0.15, 0.2) is 0 Å². The predicted molar refractivity (Wildman–Crippen MR) is 41.2 cm³/mol. The third-order valence-corrected chi connectivity index (χ3v) is 1.86. The highest BCUT2D eigenvalue weighted by atomic mass is 16.3. The van der Waals surface area contributed by atoms with E-state index in [9.17, 15) is 9.59 Å². The van der Waals surface area contributed by atoms with Gasteiger partial charge in [-0.15, -0.1) is 0 Å². The van der Waals surface area contributed by atoms with Crippen LogP contribution in [-0.4, -0.2) is 35.6 Å². The van der Waals surface area contributed by atoms with Crippen molar-refractivity contribution in [1.29, 1.82) is 0 Å². The van der Waals surface area contributed by atoms with Crippen LogP contribution >= 0.6 is 0 Å². The molecular formula is C7H12N2O3. The fourth-order valence-corrected chi connectivity index (χ4v) is 1.09. The largest absolute Gasteiger partial charge is 0.394 e. The van der Waals surface area contributed by atoms with E-state index in [1.54, 1.807) is 0 Å². The standard InChI is InChI=1S/C7H12N2O3/c1-2-4-6(11)9-5(3-10)7(12)8-4/h4-5,10H,2-3H2,1H3,(H,8,12)(H,9,11)/t4-,5?/m1/s1. The minimum absolute atomic E-state index is 0.226. The molecule has 3 N–H and O–H groups in total. The number of hydrogen-bond acceptors (Lipinski definition) is 3. The van der Waals surface area contributed by atoms with E-state index in [-0.39, 0.29) is 18.4 Å². The van der Waals surface area contributed by atoms with E-state index in [0.717, 1.165) is 0 Å². The molecule has 0 bridgehead atoms. The molecule has 2 amide bonds. The van der Waals surface area contributed by atoms with Gasteiger partial charge in [0, 0.05) is 0 Å². The van der Waals surface area contributed by atoms with E-state index in [2.05, 4.69) is 10.6 Å². The number of aliphatic hydroxyl groups excluding tert-OH is 1. The molecule has 68 valence electrons. The minimum Gasteiger partial charge on any atom is -0.394 e. The van der Waals surface area contributed by atoms with Crippen molar-refractivity contribution >= 4 is 11.8 Å². The summed E-state index contributed by atoms with van der Waals surface area (Å²) in [5.74, 6) is -0.542. The average Bonchev–Trinajstić information content (AvgIpc) is 2.08. The second-order valence-corrected chi connectivity index (χ2v) is 2.71. The van der Waals surface area contributed by atoms with Gasteiger partial charge in [-0.25, -0.2) is 0 Å². The van der Waals surface area contributed by atoms with Gasteiger partial charge in [0.1, 0.15) is 12.1 Å². The molecule has 1 rings (SSSR count). The van der Waals surface area contributed by atoms with Crippen molar-refractivity contribution in [3.63, 3.8) is 0 Å². The maximum absolute atomic E-state index is 11.1. The third-order valence-electron chi connectivity index (χ3n) is 1.86. The number of carbonyl (C=O) groups is 2. The lowest BCUT2D eigenvalue weighted by atomic mass is 10.1. The molecular weight excluding hydrogens is 160 g/mol. The number of rotatable bonds is 2. The van der Waals surface area contributed by atoms with Crippen molar-refractivity contribution in [2.24, 2.45) is 0 Å². The van der Waals surface area contributed by atoms with Crippen molar-refractivity contribution in [3.05, 3.63) is 0 Å². The van der Waals surface area contributed by atoms with Gasteiger partial charge < -0.3 is 15.7 Å². The van der Waals surface area contributed by atoms with E-state index in [4.69, 9.17) is 5.11 Å². The summed E-state index contributed by atoms with van der Waals surface area (Å²) in [6, 6.07) is -1.22. The molecule has 1 heterocycles. The number of carbonyl (C=O) groups excluding carboxylic acids is 2. The molecule has 0 aromatic rings. The van der Waals surface area contributed by atoms with Crippen LogP contribution in [0.5, 0.6) is 0 Å². The zero-order chi connectivity index (χ0) is 9.14. The number of hydrogen-bond donors (Lipinski definition) is 3. The number of nitrogens with one attached hydrogen (secondary N) is 2. The highest BCUT2D eigenvalue weighted by Gasteiger charge is 2.31. The Morgan fingerprint density at radius 3 is 2.25 bits per heavy atom. The summed E-state index contributed by atoms with van der Waals surface area (Å²) in [4.78, 5) is 22.2. The van der Waals surface area contributed by atoms with Crippen LogP contribution in [0.4, 0.5) is 0 Å². The molecule has 0 spiro atoms. The summed E-state index contributed by atoms with van der Waals surface area (Å²) in [6.45, 7) is 1.46. The SMILES string of the molecule is CC[C@H]1NC(=O)C(CO)NC1=O. The Morgan fingerprint density at radius 2 is 1.75 bits per heavy atom. The predicted octanol–water partition coefficient (Wildman–Crippen LogP) is -1.63. The Balaban J connectivity index is 2.61. The van der Waals surface area contributed by atoms with Gasteiger partial charge in [0.15, 0.2) is 0 Å². The van der Waals surface area contributed by atoms with Crippen molar-refractivity contribution < 1.29 is 14.7 Å². The Hall–Kier alpha value is -1.10. The van der Waals surface area contributed by atoms with Crippen LogP contribution in [-0.2, 0) is 9.59 Å². The monoisotopic (exact) mass is 172 g/mol. The lowest BCUT2D eigenvalue weighted by molar-refractivity contribution is -0.137. The van der Waals surface area contributed by atoms with Crippen LogP contribution in [0, 0.1) is 0 Å². The van der Waals surface area contributed by atoms with Gasteiger partial charge in [0.2, 0.25) is 11.8 Å². The lowest BCUT2D eigenvalue weighted by Gasteiger charge is -2.27. The second-order valence-electron chi connectivity index (χ2n) is 2.71. The van der Waals surface area contributed by atoms with Crippen molar-refractivity contribution in [2.45, 2.75) is 25.4 Å². The highest BCUT2D eigenvalue weighted by molar-refractivity contribution is 5.96. The molecule has 0 aromatic carbocycles. The first-order chi connectivity index (χ1) is 5.69. The van der Waals surface area contributed by atoms with Gasteiger partial charge in [-0.1, -0.05) is 6.92 Å². The first kappa shape index (κ1) is 8.99. The Morgan fingerprint density at radius 1 is 1.25 bits per heavy atom. The summed E-state index contributed by atoms with van der Waals surface area (Å²) >= 11 is 0. The van der Waals surface area contributed by atoms with E-state index in [0.29, 0.717) is 6.42 Å². The first-order valence-electron chi connectivity index (χ1n) is 3.90. The molecule has 1 fully saturated rings. The van der Waals surface area contributed by atoms with E-state index in [1.807, 2.05) is 6.92 Å². The van der Waals surface area contributed by atoms with E-state index < -0.39 is 12.1 Å². The quantitative estimate of drug-likeness (QED) is 0.468. The molecule has 0 radical (unpaired) electrons. The molecule has 5 nitrogen and oxygen atoms in total. The summed E-state index contributed by atoms with van der Waals surface area (Å²) in [6.07, 6.45) is 0.565. The molecule has 12 heavy (non-hydrogen) atoms. The molecule has 2 atom stereocenters. The van der Waals surface area contributed by atoms with Gasteiger partial charge in [-0.3, -0.25) is 9.59 Å². The Bertz CT molecular complexity index is 183. The van der Waals surface area contributed by atoms with Crippen LogP contribution < -0.4 is 10.6 Å². The average molecular weight is 172 g/mol. The summed E-state index contributed by atoms with van der Waals surface area (Å²) in [5.41, 5.74) is 0. The van der Waals surface area contributed by atoms with Gasteiger partial charge >= 0.3 is 0 Å². The van der Waals surface area contributed by atoms with Crippen LogP contribution in [0.25, 0.3) is 0 Å². The molecule has 0 aliphatic carbocycles. The van der Waals surface area contributed by atoms with Crippen LogP contribution in [0.3, 0.4) is 0 Å². The van der Waals surface area contributed by atoms with Gasteiger partial charge in [-0.2, -0.15) is 0 Å². The fraction of sp³-hybridized carbons (Fsp3) is 0.714. The molecule has 1 aliphatic rings. The van der Waals surface area contributed by atoms with Crippen LogP contribution in [0.2, 0.25) is 0 Å². The lowest BCUT2D eigenvalue weighted by Crippen LogP contribution is -2.62. The molecule has 0 aromatic heterocycles. The molecule has 5 heteroatoms. The highest BCUT2D eigenvalue weighted by Crippen LogP contribution is 1.99. The molecule has 1 saturated heterocycles. The molecule has 1 unspecified atom stereocenters. The maximum atomic E-state index is 11.1. The molecule has 0 saturated carbocycles. The van der Waals surface area contributed by atoms with Crippen LogP contribution in [0.1, 0.15) is 13.3 Å². The Kier molecular flexibility index (Phi) is 2.65. The van der Waals surface area contributed by atoms with E-state index >= 15 is 0 Å². The summed E-state index contributed by atoms with van der Waals surface area (Å²) in [7, 11) is 0. The first-order valence-corrected chi connectivity index (χ1v) is 3.90. The van der Waals surface area contributed by atoms with Gasteiger partial charge in [0.05, 0.1) is 6.61 Å². The van der Waals surface area contributed by atoms with Crippen molar-refractivity contribution in [1.82, 2.24) is 10.6 Å². The second kappa shape index (κ2) is 3.53. The van der Waals surface area contributed by atoms with Crippen molar-refractivity contribution in [3.8, 4) is 0 Å². The minimum atomic E-state index is -0.778. The van der Waals surface area contributed by atoms with Gasteiger partial charge in [-0.05, 0) is 6.42 Å². The normalized spacial score (nSPS) is 29.5. The Labute approximate surface area is 70.1 Å². The number of aliphatic hydroxyl groups is 1. The zero-order valence-corrected chi connectivity index (χ0v) is 6.83. The fourth-order valence-electron chi connectivity index (χ4n) is 1.09. The summed E-state index contributed by atoms with van der Waals surface area (Å²) < 4.78 is 0. The maximum Gasteiger partial charge on any atom is 0.245 e. The molecule has 1 aliphatic heterocycles. The third kappa shape index (κ3) is 1.55. The van der Waals surface area contributed by atoms with Gasteiger partial charge in [0.25, 0.3) is 0 Å². The number of piperazine rings is 1. The number of amides is 2. The smallest absolute Gasteiger partial charge is 0.245 e.